The van der Waals surface area contributed by atoms with Crippen molar-refractivity contribution in [2.24, 2.45) is 0 Å². The van der Waals surface area contributed by atoms with Crippen LogP contribution in [-0.4, -0.2) is 18.0 Å². The van der Waals surface area contributed by atoms with E-state index in [4.69, 9.17) is 0 Å². The van der Waals surface area contributed by atoms with Crippen molar-refractivity contribution in [3.8, 4) is 0 Å². The van der Waals surface area contributed by atoms with Crippen molar-refractivity contribution in [2.45, 2.75) is 51.4 Å². The van der Waals surface area contributed by atoms with Crippen molar-refractivity contribution >= 4 is 11.6 Å². The van der Waals surface area contributed by atoms with Crippen LogP contribution in [0.2, 0.25) is 0 Å². The summed E-state index contributed by atoms with van der Waals surface area (Å²) in [5, 5.41) is 0. The molecule has 3 aromatic carbocycles. The quantitative estimate of drug-likeness (QED) is 0.340. The zero-order valence-electron chi connectivity index (χ0n) is 19.4. The highest BCUT2D eigenvalue weighted by molar-refractivity contribution is 6.11. The van der Waals surface area contributed by atoms with E-state index < -0.39 is 6.43 Å². The minimum absolute atomic E-state index is 0.00382. The molecule has 0 fully saturated rings. The van der Waals surface area contributed by atoms with E-state index in [9.17, 15) is 18.4 Å². The van der Waals surface area contributed by atoms with Gasteiger partial charge in [-0.2, -0.15) is 0 Å². The predicted octanol–water partition coefficient (Wildman–Crippen LogP) is 7.01. The maximum atomic E-state index is 13.9. The normalized spacial score (nSPS) is 17.6. The molecule has 4 rings (SSSR count). The second-order valence-electron chi connectivity index (χ2n) is 9.09. The van der Waals surface area contributed by atoms with Gasteiger partial charge in [0.2, 0.25) is 6.43 Å². The second-order valence-corrected chi connectivity index (χ2v) is 9.09. The Labute approximate surface area is 199 Å². The second kappa shape index (κ2) is 10.3. The molecule has 0 radical (unpaired) electrons. The van der Waals surface area contributed by atoms with Gasteiger partial charge in [0.15, 0.2) is 5.78 Å². The third kappa shape index (κ3) is 5.22. The fourth-order valence-corrected chi connectivity index (χ4v) is 4.90. The maximum absolute atomic E-state index is 13.9. The molecule has 1 aliphatic carbocycles. The van der Waals surface area contributed by atoms with Crippen LogP contribution >= 0.6 is 0 Å². The number of rotatable bonds is 8. The number of carbonyl (C=O) groups is 2. The predicted molar refractivity (Wildman–Crippen MR) is 131 cm³/mol. The van der Waals surface area contributed by atoms with Crippen LogP contribution in [0.4, 0.5) is 8.78 Å². The molecular weight excluding hydrogens is 430 g/mol. The van der Waals surface area contributed by atoms with Gasteiger partial charge in [-0.15, -0.1) is 0 Å². The minimum Gasteiger partial charge on any atom is -0.300 e. The average Bonchev–Trinajstić information content (AvgIpc) is 3.24. The Morgan fingerprint density at radius 1 is 0.912 bits per heavy atom. The minimum atomic E-state index is -2.46. The summed E-state index contributed by atoms with van der Waals surface area (Å²) in [6.45, 7) is 3.53. The number of hydrogen-bond acceptors (Lipinski definition) is 2. The lowest BCUT2D eigenvalue weighted by Crippen LogP contribution is -2.14. The Morgan fingerprint density at radius 3 is 2.24 bits per heavy atom. The summed E-state index contributed by atoms with van der Waals surface area (Å²) in [7, 11) is 0. The molecule has 0 N–H and O–H groups in total. The molecule has 2 atom stereocenters. The average molecular weight is 459 g/mol. The SMILES string of the molecule is CC(=O)Cc1ccccc1C(=O)C1=CC(c2ccc(C)cc2)CC1c1ccccc1CC(F)F. The molecule has 0 spiro atoms. The first-order valence-electron chi connectivity index (χ1n) is 11.6. The highest BCUT2D eigenvalue weighted by atomic mass is 19.3. The van der Waals surface area contributed by atoms with Gasteiger partial charge >= 0.3 is 0 Å². The van der Waals surface area contributed by atoms with Crippen LogP contribution in [0.5, 0.6) is 0 Å². The van der Waals surface area contributed by atoms with Crippen LogP contribution in [0.25, 0.3) is 0 Å². The van der Waals surface area contributed by atoms with Gasteiger partial charge in [0, 0.05) is 35.8 Å². The van der Waals surface area contributed by atoms with Gasteiger partial charge in [-0.05, 0) is 42.5 Å². The number of halogens is 2. The fourth-order valence-electron chi connectivity index (χ4n) is 4.90. The van der Waals surface area contributed by atoms with Crippen molar-refractivity contribution in [3.05, 3.63) is 118 Å². The molecule has 0 heterocycles. The lowest BCUT2D eigenvalue weighted by molar-refractivity contribution is -0.116. The van der Waals surface area contributed by atoms with E-state index in [1.165, 1.54) is 6.92 Å². The van der Waals surface area contributed by atoms with Crippen LogP contribution in [0.3, 0.4) is 0 Å². The number of ketones is 2. The highest BCUT2D eigenvalue weighted by Crippen LogP contribution is 2.45. The van der Waals surface area contributed by atoms with Gasteiger partial charge < -0.3 is 0 Å². The summed E-state index contributed by atoms with van der Waals surface area (Å²) in [6.07, 6.45) is 0.0172. The molecule has 0 aliphatic heterocycles. The van der Waals surface area contributed by atoms with E-state index in [0.717, 1.165) is 16.7 Å². The van der Waals surface area contributed by atoms with Crippen LogP contribution in [0, 0.1) is 6.92 Å². The molecule has 0 saturated carbocycles. The topological polar surface area (TPSA) is 34.1 Å². The van der Waals surface area contributed by atoms with Crippen molar-refractivity contribution in [2.75, 3.05) is 0 Å². The number of Topliss-reactive ketones (excluding diaryl/α,β-unsaturated/α-hetero) is 2. The molecule has 1 aliphatic rings. The van der Waals surface area contributed by atoms with Gasteiger partial charge in [0.1, 0.15) is 5.78 Å². The Hall–Kier alpha value is -3.40. The molecule has 0 amide bonds. The first-order chi connectivity index (χ1) is 16.3. The first kappa shape index (κ1) is 23.7. The number of aryl methyl sites for hydroxylation is 1. The molecule has 34 heavy (non-hydrogen) atoms. The molecule has 2 unspecified atom stereocenters. The fraction of sp³-hybridized carbons (Fsp3) is 0.267. The third-order valence-electron chi connectivity index (χ3n) is 6.52. The van der Waals surface area contributed by atoms with Gasteiger partial charge in [0.05, 0.1) is 0 Å². The van der Waals surface area contributed by atoms with E-state index in [0.29, 0.717) is 28.7 Å². The summed E-state index contributed by atoms with van der Waals surface area (Å²) in [4.78, 5) is 25.7. The number of hydrogen-bond donors (Lipinski definition) is 0. The monoisotopic (exact) mass is 458 g/mol. The summed E-state index contributed by atoms with van der Waals surface area (Å²) in [5.41, 5.74) is 5.41. The Kier molecular flexibility index (Phi) is 7.16. The van der Waals surface area contributed by atoms with Crippen molar-refractivity contribution < 1.29 is 18.4 Å². The lowest BCUT2D eigenvalue weighted by Gasteiger charge is -2.20. The number of alkyl halides is 2. The van der Waals surface area contributed by atoms with Gasteiger partial charge in [0.25, 0.3) is 0 Å². The Balaban J connectivity index is 1.79. The molecule has 0 bridgehead atoms. The molecule has 3 aromatic rings. The number of allylic oxidation sites excluding steroid dienone is 2. The van der Waals surface area contributed by atoms with Gasteiger partial charge in [-0.1, -0.05) is 84.4 Å². The summed E-state index contributed by atoms with van der Waals surface area (Å²) < 4.78 is 26.7. The molecule has 0 saturated heterocycles. The largest absolute Gasteiger partial charge is 0.300 e. The molecule has 0 aromatic heterocycles. The highest BCUT2D eigenvalue weighted by Gasteiger charge is 2.34. The maximum Gasteiger partial charge on any atom is 0.242 e. The summed E-state index contributed by atoms with van der Waals surface area (Å²) >= 11 is 0. The third-order valence-corrected chi connectivity index (χ3v) is 6.52. The lowest BCUT2D eigenvalue weighted by atomic mass is 9.83. The van der Waals surface area contributed by atoms with Gasteiger partial charge in [-0.25, -0.2) is 8.78 Å². The van der Waals surface area contributed by atoms with E-state index >= 15 is 0 Å². The summed E-state index contributed by atoms with van der Waals surface area (Å²) in [6, 6.07) is 22.6. The van der Waals surface area contributed by atoms with E-state index in [1.54, 1.807) is 30.3 Å². The zero-order valence-corrected chi connectivity index (χ0v) is 19.4. The molecule has 174 valence electrons. The van der Waals surface area contributed by atoms with Crippen LogP contribution < -0.4 is 0 Å². The van der Waals surface area contributed by atoms with Crippen LogP contribution in [0.15, 0.2) is 84.4 Å². The molecular formula is C30H28F2O2. The van der Waals surface area contributed by atoms with E-state index in [1.807, 2.05) is 43.3 Å². The summed E-state index contributed by atoms with van der Waals surface area (Å²) in [5.74, 6) is -0.441. The van der Waals surface area contributed by atoms with E-state index in [2.05, 4.69) is 12.1 Å². The number of benzene rings is 3. The van der Waals surface area contributed by atoms with Crippen molar-refractivity contribution in [1.29, 1.82) is 0 Å². The number of carbonyl (C=O) groups excluding carboxylic acids is 2. The van der Waals surface area contributed by atoms with Crippen molar-refractivity contribution in [3.63, 3.8) is 0 Å². The smallest absolute Gasteiger partial charge is 0.242 e. The van der Waals surface area contributed by atoms with Gasteiger partial charge in [-0.3, -0.25) is 9.59 Å². The van der Waals surface area contributed by atoms with Crippen LogP contribution in [-0.2, 0) is 17.6 Å². The first-order valence-corrected chi connectivity index (χ1v) is 11.6. The Morgan fingerprint density at radius 2 is 1.56 bits per heavy atom. The van der Waals surface area contributed by atoms with Crippen molar-refractivity contribution in [1.82, 2.24) is 0 Å². The van der Waals surface area contributed by atoms with Crippen LogP contribution in [0.1, 0.15) is 63.4 Å². The molecule has 2 nitrogen and oxygen atoms in total. The van der Waals surface area contributed by atoms with E-state index in [-0.39, 0.29) is 36.2 Å². The molecule has 4 heteroatoms. The Bertz CT molecular complexity index is 1220. The standard InChI is InChI=1S/C30H28F2O2/c1-19-11-13-21(14-12-19)24-16-27(25-9-5-3-8-23(25)18-29(31)32)28(17-24)30(34)26-10-6-4-7-22(26)15-20(2)33/h3-14,17,24,27,29H,15-16,18H2,1-2H3. The zero-order chi connectivity index (χ0) is 24.2.